The minimum absolute atomic E-state index is 0.0146. The molecule has 0 saturated heterocycles. The van der Waals surface area contributed by atoms with Gasteiger partial charge in [-0.2, -0.15) is 0 Å². The molecule has 1 aliphatic heterocycles. The van der Waals surface area contributed by atoms with E-state index in [9.17, 15) is 9.59 Å². The number of carbonyl (C=O) groups is 2. The molecule has 126 valence electrons. The first-order valence-corrected chi connectivity index (χ1v) is 8.22. The van der Waals surface area contributed by atoms with Gasteiger partial charge in [0.2, 0.25) is 11.8 Å². The van der Waals surface area contributed by atoms with Crippen molar-refractivity contribution < 1.29 is 9.59 Å². The number of hydrogen-bond donors (Lipinski definition) is 1. The first kappa shape index (κ1) is 16.2. The molecule has 1 N–H and O–H groups in total. The fourth-order valence-electron chi connectivity index (χ4n) is 3.24. The molecule has 0 saturated carbocycles. The summed E-state index contributed by atoms with van der Waals surface area (Å²) in [6.07, 6.45) is 6.43. The topological polar surface area (TPSA) is 67.2 Å². The number of aromatic nitrogens is 2. The average Bonchev–Trinajstić information content (AvgIpc) is 3.08. The summed E-state index contributed by atoms with van der Waals surface area (Å²) in [5.41, 5.74) is 2.31. The van der Waals surface area contributed by atoms with Crippen molar-refractivity contribution in [1.29, 1.82) is 0 Å². The van der Waals surface area contributed by atoms with Crippen LogP contribution in [0.2, 0.25) is 0 Å². The molecule has 1 aromatic heterocycles. The lowest BCUT2D eigenvalue weighted by Gasteiger charge is -2.36. The molecule has 2 amide bonds. The molecule has 24 heavy (non-hydrogen) atoms. The van der Waals surface area contributed by atoms with Crippen LogP contribution >= 0.6 is 0 Å². The van der Waals surface area contributed by atoms with Gasteiger partial charge in [0.05, 0.1) is 18.8 Å². The maximum absolute atomic E-state index is 12.3. The van der Waals surface area contributed by atoms with Gasteiger partial charge in [-0.05, 0) is 17.5 Å². The van der Waals surface area contributed by atoms with E-state index in [0.717, 1.165) is 12.0 Å². The summed E-state index contributed by atoms with van der Waals surface area (Å²) in [5, 5.41) is 2.93. The van der Waals surface area contributed by atoms with Gasteiger partial charge in [0.15, 0.2) is 0 Å². The van der Waals surface area contributed by atoms with E-state index in [1.807, 2.05) is 29.0 Å². The second-order valence-electron chi connectivity index (χ2n) is 6.03. The van der Waals surface area contributed by atoms with Gasteiger partial charge in [0.25, 0.3) is 0 Å². The summed E-state index contributed by atoms with van der Waals surface area (Å²) < 4.78 is 1.91. The van der Waals surface area contributed by atoms with Crippen LogP contribution in [0.15, 0.2) is 43.0 Å². The Morgan fingerprint density at radius 1 is 1.33 bits per heavy atom. The number of nitrogens with zero attached hydrogens (tertiary/aromatic N) is 3. The van der Waals surface area contributed by atoms with E-state index in [0.29, 0.717) is 26.1 Å². The summed E-state index contributed by atoms with van der Waals surface area (Å²) in [5.74, 6) is -0.0243. The highest BCUT2D eigenvalue weighted by Crippen LogP contribution is 2.32. The molecule has 6 heteroatoms. The monoisotopic (exact) mass is 326 g/mol. The summed E-state index contributed by atoms with van der Waals surface area (Å²) in [7, 11) is 0. The molecular formula is C18H22N4O2. The Balaban J connectivity index is 1.64. The Hall–Kier alpha value is -2.63. The van der Waals surface area contributed by atoms with E-state index in [2.05, 4.69) is 16.4 Å². The highest BCUT2D eigenvalue weighted by Gasteiger charge is 2.30. The highest BCUT2D eigenvalue weighted by molar-refractivity contribution is 5.79. The van der Waals surface area contributed by atoms with Crippen molar-refractivity contribution >= 4 is 11.8 Å². The summed E-state index contributed by atoms with van der Waals surface area (Å²) in [4.78, 5) is 30.1. The zero-order valence-corrected chi connectivity index (χ0v) is 13.8. The van der Waals surface area contributed by atoms with Gasteiger partial charge < -0.3 is 14.8 Å². The molecule has 6 nitrogen and oxygen atoms in total. The molecule has 1 aliphatic rings. The van der Waals surface area contributed by atoms with E-state index in [-0.39, 0.29) is 17.9 Å². The number of benzene rings is 1. The Labute approximate surface area is 141 Å². The quantitative estimate of drug-likeness (QED) is 0.906. The molecule has 1 aromatic carbocycles. The van der Waals surface area contributed by atoms with Crippen molar-refractivity contribution in [3.05, 3.63) is 54.1 Å². The number of nitrogens with one attached hydrogen (secondary N) is 1. The van der Waals surface area contributed by atoms with Gasteiger partial charge in [-0.15, -0.1) is 0 Å². The molecule has 0 spiro atoms. The van der Waals surface area contributed by atoms with Crippen LogP contribution in [-0.2, 0) is 22.6 Å². The molecular weight excluding hydrogens is 304 g/mol. The fraction of sp³-hybridized carbons (Fsp3) is 0.389. The van der Waals surface area contributed by atoms with Gasteiger partial charge in [0, 0.05) is 39.0 Å². The standard InChI is InChI=1S/C18H22N4O2/c1-14(23)22-9-6-15-4-2-3-5-16(15)17(22)12-18(24)20-8-11-21-10-7-19-13-21/h2-5,7,10,13,17H,6,8-9,11-12H2,1H3,(H,20,24)/t17-/m0/s1. The van der Waals surface area contributed by atoms with Crippen LogP contribution in [0.4, 0.5) is 0 Å². The fourth-order valence-corrected chi connectivity index (χ4v) is 3.24. The van der Waals surface area contributed by atoms with Crippen molar-refractivity contribution in [3.63, 3.8) is 0 Å². The first-order chi connectivity index (χ1) is 11.6. The Kier molecular flexibility index (Phi) is 4.93. The van der Waals surface area contributed by atoms with Crippen molar-refractivity contribution in [3.8, 4) is 0 Å². The molecule has 0 unspecified atom stereocenters. The van der Waals surface area contributed by atoms with Crippen LogP contribution in [0.25, 0.3) is 0 Å². The van der Waals surface area contributed by atoms with E-state index in [1.165, 1.54) is 5.56 Å². The minimum atomic E-state index is -0.180. The smallest absolute Gasteiger partial charge is 0.222 e. The average molecular weight is 326 g/mol. The van der Waals surface area contributed by atoms with Crippen molar-refractivity contribution in [2.45, 2.75) is 32.4 Å². The highest BCUT2D eigenvalue weighted by atomic mass is 16.2. The van der Waals surface area contributed by atoms with Gasteiger partial charge in [-0.1, -0.05) is 24.3 Å². The van der Waals surface area contributed by atoms with Crippen molar-refractivity contribution in [2.24, 2.45) is 0 Å². The van der Waals surface area contributed by atoms with Gasteiger partial charge >= 0.3 is 0 Å². The zero-order chi connectivity index (χ0) is 16.9. The van der Waals surface area contributed by atoms with E-state index in [4.69, 9.17) is 0 Å². The van der Waals surface area contributed by atoms with Crippen LogP contribution in [0.5, 0.6) is 0 Å². The van der Waals surface area contributed by atoms with E-state index < -0.39 is 0 Å². The van der Waals surface area contributed by atoms with Crippen LogP contribution in [0.1, 0.15) is 30.5 Å². The van der Waals surface area contributed by atoms with Crippen LogP contribution in [-0.4, -0.2) is 39.4 Å². The van der Waals surface area contributed by atoms with Gasteiger partial charge in [-0.25, -0.2) is 4.98 Å². The molecule has 2 aromatic rings. The van der Waals surface area contributed by atoms with Crippen LogP contribution < -0.4 is 5.32 Å². The van der Waals surface area contributed by atoms with E-state index in [1.54, 1.807) is 24.3 Å². The Morgan fingerprint density at radius 2 is 2.17 bits per heavy atom. The number of amides is 2. The Bertz CT molecular complexity index is 712. The summed E-state index contributed by atoms with van der Waals surface area (Å²) in [6, 6.07) is 7.89. The summed E-state index contributed by atoms with van der Waals surface area (Å²) in [6.45, 7) is 3.46. The van der Waals surface area contributed by atoms with Crippen molar-refractivity contribution in [1.82, 2.24) is 19.8 Å². The third-order valence-corrected chi connectivity index (χ3v) is 4.45. The first-order valence-electron chi connectivity index (χ1n) is 8.22. The lowest BCUT2D eigenvalue weighted by atomic mass is 9.90. The second kappa shape index (κ2) is 7.29. The van der Waals surface area contributed by atoms with Crippen LogP contribution in [0.3, 0.4) is 0 Å². The molecule has 0 radical (unpaired) electrons. The molecule has 2 heterocycles. The predicted octanol–water partition coefficient (Wildman–Crippen LogP) is 1.54. The van der Waals surface area contributed by atoms with Crippen LogP contribution in [0, 0.1) is 0 Å². The largest absolute Gasteiger partial charge is 0.354 e. The number of carbonyl (C=O) groups excluding carboxylic acids is 2. The Morgan fingerprint density at radius 3 is 2.92 bits per heavy atom. The van der Waals surface area contributed by atoms with E-state index >= 15 is 0 Å². The lowest BCUT2D eigenvalue weighted by Crippen LogP contribution is -2.41. The minimum Gasteiger partial charge on any atom is -0.354 e. The second-order valence-corrected chi connectivity index (χ2v) is 6.03. The predicted molar refractivity (Wildman–Crippen MR) is 90.1 cm³/mol. The zero-order valence-electron chi connectivity index (χ0n) is 13.8. The maximum Gasteiger partial charge on any atom is 0.222 e. The van der Waals surface area contributed by atoms with Gasteiger partial charge in [0.1, 0.15) is 0 Å². The molecule has 1 atom stereocenters. The molecule has 0 bridgehead atoms. The number of imidazole rings is 1. The number of rotatable bonds is 5. The third kappa shape index (κ3) is 3.64. The van der Waals surface area contributed by atoms with Crippen molar-refractivity contribution in [2.75, 3.05) is 13.1 Å². The lowest BCUT2D eigenvalue weighted by molar-refractivity contribution is -0.133. The summed E-state index contributed by atoms with van der Waals surface area (Å²) >= 11 is 0. The number of hydrogen-bond acceptors (Lipinski definition) is 3. The number of fused-ring (bicyclic) bond motifs is 1. The third-order valence-electron chi connectivity index (χ3n) is 4.45. The molecule has 0 fully saturated rings. The molecule has 0 aliphatic carbocycles. The van der Waals surface area contributed by atoms with Gasteiger partial charge in [-0.3, -0.25) is 9.59 Å². The SMILES string of the molecule is CC(=O)N1CCc2ccccc2[C@@H]1CC(=O)NCCn1ccnc1. The maximum atomic E-state index is 12.3. The normalized spacial score (nSPS) is 16.5. The molecule has 3 rings (SSSR count).